The molecule has 0 aliphatic carbocycles. The molecule has 0 saturated carbocycles. The van der Waals surface area contributed by atoms with Gasteiger partial charge in [-0.3, -0.25) is 4.79 Å². The molecular weight excluding hydrogens is 246 g/mol. The van der Waals surface area contributed by atoms with Crippen molar-refractivity contribution in [2.75, 3.05) is 40.0 Å². The second-order valence-electron chi connectivity index (χ2n) is 4.84. The summed E-state index contributed by atoms with van der Waals surface area (Å²) in [5.41, 5.74) is 0.615. The Morgan fingerprint density at radius 2 is 2.00 bits per heavy atom. The van der Waals surface area contributed by atoms with Crippen molar-refractivity contribution in [1.82, 2.24) is 4.90 Å². The molecule has 0 aromatic heterocycles. The third-order valence-electron chi connectivity index (χ3n) is 3.39. The van der Waals surface area contributed by atoms with E-state index in [2.05, 4.69) is 4.90 Å². The van der Waals surface area contributed by atoms with E-state index in [9.17, 15) is 4.79 Å². The zero-order valence-corrected chi connectivity index (χ0v) is 10.9. The number of benzene rings is 1. The summed E-state index contributed by atoms with van der Waals surface area (Å²) in [4.78, 5) is 14.5. The van der Waals surface area contributed by atoms with Crippen LogP contribution in [0.4, 0.5) is 0 Å². The van der Waals surface area contributed by atoms with Gasteiger partial charge in [-0.05, 0) is 25.2 Å². The number of nitrogens with zero attached hydrogens (tertiary/aromatic N) is 1. The van der Waals surface area contributed by atoms with Gasteiger partial charge in [0.1, 0.15) is 19.3 Å². The first-order valence-corrected chi connectivity index (χ1v) is 6.48. The van der Waals surface area contributed by atoms with E-state index in [1.807, 2.05) is 7.05 Å². The Kier molecular flexibility index (Phi) is 3.40. The number of ether oxygens (including phenoxy) is 3. The number of Topliss-reactive ketones (excluding diaryl/α,β-unsaturated/α-hetero) is 1. The average molecular weight is 263 g/mol. The van der Waals surface area contributed by atoms with Crippen LogP contribution in [0.1, 0.15) is 10.4 Å². The van der Waals surface area contributed by atoms with E-state index in [-0.39, 0.29) is 11.9 Å². The minimum atomic E-state index is -0.388. The van der Waals surface area contributed by atoms with Crippen molar-refractivity contribution < 1.29 is 19.0 Å². The molecule has 102 valence electrons. The molecule has 1 atom stereocenters. The third kappa shape index (κ3) is 2.57. The van der Waals surface area contributed by atoms with Gasteiger partial charge >= 0.3 is 0 Å². The quantitative estimate of drug-likeness (QED) is 0.744. The molecule has 2 aliphatic heterocycles. The van der Waals surface area contributed by atoms with Crippen LogP contribution in [0.25, 0.3) is 0 Å². The van der Waals surface area contributed by atoms with Crippen LogP contribution in [0.5, 0.6) is 11.5 Å². The zero-order chi connectivity index (χ0) is 13.2. The lowest BCUT2D eigenvalue weighted by atomic mass is 10.0. The monoisotopic (exact) mass is 263 g/mol. The molecule has 1 aromatic rings. The number of fused-ring (bicyclic) bond motifs is 1. The van der Waals surface area contributed by atoms with Crippen LogP contribution in [-0.2, 0) is 4.74 Å². The van der Waals surface area contributed by atoms with Gasteiger partial charge in [0.25, 0.3) is 0 Å². The molecule has 2 heterocycles. The van der Waals surface area contributed by atoms with E-state index >= 15 is 0 Å². The Hall–Kier alpha value is -1.59. The maximum Gasteiger partial charge on any atom is 0.193 e. The number of hydrogen-bond acceptors (Lipinski definition) is 5. The van der Waals surface area contributed by atoms with Gasteiger partial charge in [-0.2, -0.15) is 0 Å². The smallest absolute Gasteiger partial charge is 0.193 e. The first-order chi connectivity index (χ1) is 9.24. The Balaban J connectivity index is 1.79. The van der Waals surface area contributed by atoms with Crippen LogP contribution in [0.15, 0.2) is 18.2 Å². The van der Waals surface area contributed by atoms with Crippen LogP contribution >= 0.6 is 0 Å². The van der Waals surface area contributed by atoms with E-state index in [0.29, 0.717) is 43.4 Å². The normalized spacial score (nSPS) is 23.1. The summed E-state index contributed by atoms with van der Waals surface area (Å²) in [6, 6.07) is 5.30. The van der Waals surface area contributed by atoms with E-state index in [1.54, 1.807) is 18.2 Å². The van der Waals surface area contributed by atoms with Crippen LogP contribution < -0.4 is 9.47 Å². The summed E-state index contributed by atoms with van der Waals surface area (Å²) >= 11 is 0. The zero-order valence-electron chi connectivity index (χ0n) is 10.9. The van der Waals surface area contributed by atoms with E-state index < -0.39 is 0 Å². The third-order valence-corrected chi connectivity index (χ3v) is 3.39. The van der Waals surface area contributed by atoms with Crippen molar-refractivity contribution in [3.8, 4) is 11.5 Å². The summed E-state index contributed by atoms with van der Waals surface area (Å²) in [6.45, 7) is 3.17. The van der Waals surface area contributed by atoms with Gasteiger partial charge in [0.2, 0.25) is 0 Å². The number of rotatable bonds is 2. The van der Waals surface area contributed by atoms with Gasteiger partial charge < -0.3 is 19.1 Å². The van der Waals surface area contributed by atoms with E-state index in [0.717, 1.165) is 6.54 Å². The molecule has 19 heavy (non-hydrogen) atoms. The Morgan fingerprint density at radius 3 is 2.79 bits per heavy atom. The second kappa shape index (κ2) is 5.19. The van der Waals surface area contributed by atoms with Crippen LogP contribution in [0, 0.1) is 0 Å². The Labute approximate surface area is 112 Å². The first-order valence-electron chi connectivity index (χ1n) is 6.48. The summed E-state index contributed by atoms with van der Waals surface area (Å²) in [7, 11) is 1.99. The molecule has 5 nitrogen and oxygen atoms in total. The van der Waals surface area contributed by atoms with Gasteiger partial charge in [-0.25, -0.2) is 0 Å². The number of morpholine rings is 1. The molecule has 1 unspecified atom stereocenters. The SMILES string of the molecule is CN1CCOC(C(=O)c2ccc3c(c2)OCCO3)C1. The second-order valence-corrected chi connectivity index (χ2v) is 4.84. The van der Waals surface area contributed by atoms with Crippen molar-refractivity contribution in [3.63, 3.8) is 0 Å². The van der Waals surface area contributed by atoms with Gasteiger partial charge in [0, 0.05) is 18.7 Å². The predicted octanol–water partition coefficient (Wildman–Crippen LogP) is 0.971. The highest BCUT2D eigenvalue weighted by Gasteiger charge is 2.26. The molecule has 0 N–H and O–H groups in total. The van der Waals surface area contributed by atoms with Gasteiger partial charge in [0.15, 0.2) is 17.3 Å². The van der Waals surface area contributed by atoms with Crippen LogP contribution in [0.3, 0.4) is 0 Å². The number of likely N-dealkylation sites (N-methyl/N-ethyl adjacent to an activating group) is 1. The molecule has 0 bridgehead atoms. The number of carbonyl (C=O) groups is 1. The van der Waals surface area contributed by atoms with Gasteiger partial charge in [-0.15, -0.1) is 0 Å². The highest BCUT2D eigenvalue weighted by atomic mass is 16.6. The molecule has 1 aromatic carbocycles. The maximum atomic E-state index is 12.4. The highest BCUT2D eigenvalue weighted by molar-refractivity contribution is 6.00. The Morgan fingerprint density at radius 1 is 1.21 bits per heavy atom. The van der Waals surface area contributed by atoms with E-state index in [1.165, 1.54) is 0 Å². The van der Waals surface area contributed by atoms with Crippen molar-refractivity contribution in [3.05, 3.63) is 23.8 Å². The average Bonchev–Trinajstić information content (AvgIpc) is 2.46. The molecule has 2 aliphatic rings. The summed E-state index contributed by atoms with van der Waals surface area (Å²) < 4.78 is 16.5. The lowest BCUT2D eigenvalue weighted by Gasteiger charge is -2.29. The molecular formula is C14H17NO4. The van der Waals surface area contributed by atoms with Crippen molar-refractivity contribution in [1.29, 1.82) is 0 Å². The highest BCUT2D eigenvalue weighted by Crippen LogP contribution is 2.31. The molecule has 0 radical (unpaired) electrons. The molecule has 1 saturated heterocycles. The Bertz CT molecular complexity index is 488. The van der Waals surface area contributed by atoms with Crippen LogP contribution in [0.2, 0.25) is 0 Å². The minimum absolute atomic E-state index is 0.00326. The van der Waals surface area contributed by atoms with Crippen molar-refractivity contribution >= 4 is 5.78 Å². The fraction of sp³-hybridized carbons (Fsp3) is 0.500. The number of ketones is 1. The molecule has 1 fully saturated rings. The minimum Gasteiger partial charge on any atom is -0.486 e. The lowest BCUT2D eigenvalue weighted by Crippen LogP contribution is -2.44. The first kappa shape index (κ1) is 12.4. The fourth-order valence-corrected chi connectivity index (χ4v) is 2.32. The van der Waals surface area contributed by atoms with Crippen molar-refractivity contribution in [2.24, 2.45) is 0 Å². The molecule has 5 heteroatoms. The van der Waals surface area contributed by atoms with E-state index in [4.69, 9.17) is 14.2 Å². The molecule has 3 rings (SSSR count). The number of hydrogen-bond donors (Lipinski definition) is 0. The largest absolute Gasteiger partial charge is 0.486 e. The summed E-state index contributed by atoms with van der Waals surface area (Å²) in [5.74, 6) is 1.34. The standard InChI is InChI=1S/C14H17NO4/c1-15-4-5-17-13(9-15)14(16)10-2-3-11-12(8-10)19-7-6-18-11/h2-3,8,13H,4-7,9H2,1H3. The molecule has 0 amide bonds. The molecule has 0 spiro atoms. The number of carbonyl (C=O) groups excluding carboxylic acids is 1. The summed E-state index contributed by atoms with van der Waals surface area (Å²) in [6.07, 6.45) is -0.388. The van der Waals surface area contributed by atoms with Crippen molar-refractivity contribution in [2.45, 2.75) is 6.10 Å². The van der Waals surface area contributed by atoms with Gasteiger partial charge in [0.05, 0.1) is 6.61 Å². The topological polar surface area (TPSA) is 48.0 Å². The summed E-state index contributed by atoms with van der Waals surface area (Å²) in [5, 5.41) is 0. The van der Waals surface area contributed by atoms with Crippen LogP contribution in [-0.4, -0.2) is 56.7 Å². The predicted molar refractivity (Wildman–Crippen MR) is 69.0 cm³/mol. The maximum absolute atomic E-state index is 12.4. The fourth-order valence-electron chi connectivity index (χ4n) is 2.32. The lowest BCUT2D eigenvalue weighted by molar-refractivity contribution is -0.00864. The van der Waals surface area contributed by atoms with Gasteiger partial charge in [-0.1, -0.05) is 0 Å².